The first-order valence-electron chi connectivity index (χ1n) is 5.89. The standard InChI is InChI=1S/C13H24O2/c1-6-14-13(15-7-2)9-11(3)8-12(4,5)10-13/h9H,6-8,10H2,1-5H3. The zero-order valence-electron chi connectivity index (χ0n) is 10.7. The first-order chi connectivity index (χ1) is 6.93. The van der Waals surface area contributed by atoms with Gasteiger partial charge in [-0.05, 0) is 38.7 Å². The Kier molecular flexibility index (Phi) is 3.96. The average Bonchev–Trinajstić information content (AvgIpc) is 1.99. The Labute approximate surface area is 93.7 Å². The monoisotopic (exact) mass is 212 g/mol. The summed E-state index contributed by atoms with van der Waals surface area (Å²) in [6.07, 6.45) is 4.24. The van der Waals surface area contributed by atoms with E-state index in [-0.39, 0.29) is 5.41 Å². The number of allylic oxidation sites excluding steroid dienone is 1. The Bertz CT molecular complexity index is 235. The van der Waals surface area contributed by atoms with E-state index in [0.717, 1.165) is 12.8 Å². The Balaban J connectivity index is 2.91. The van der Waals surface area contributed by atoms with Crippen LogP contribution in [0.15, 0.2) is 11.6 Å². The fourth-order valence-electron chi connectivity index (χ4n) is 2.68. The van der Waals surface area contributed by atoms with Crippen LogP contribution >= 0.6 is 0 Å². The number of hydrogen-bond donors (Lipinski definition) is 0. The number of ether oxygens (including phenoxy) is 2. The van der Waals surface area contributed by atoms with E-state index >= 15 is 0 Å². The summed E-state index contributed by atoms with van der Waals surface area (Å²) in [6, 6.07) is 0. The minimum atomic E-state index is -0.477. The third-order valence-electron chi connectivity index (χ3n) is 2.73. The second-order valence-corrected chi connectivity index (χ2v) is 5.19. The van der Waals surface area contributed by atoms with E-state index in [1.165, 1.54) is 5.57 Å². The predicted octanol–water partition coefficient (Wildman–Crippen LogP) is 3.52. The van der Waals surface area contributed by atoms with E-state index in [9.17, 15) is 0 Å². The van der Waals surface area contributed by atoms with Gasteiger partial charge in [0.15, 0.2) is 5.79 Å². The molecule has 0 aromatic carbocycles. The Morgan fingerprint density at radius 3 is 2.13 bits per heavy atom. The zero-order valence-corrected chi connectivity index (χ0v) is 10.7. The van der Waals surface area contributed by atoms with Gasteiger partial charge in [-0.2, -0.15) is 0 Å². The third kappa shape index (κ3) is 3.32. The Morgan fingerprint density at radius 1 is 1.20 bits per heavy atom. The second kappa shape index (κ2) is 4.67. The molecule has 15 heavy (non-hydrogen) atoms. The SMILES string of the molecule is CCOC1(OCC)C=C(C)CC(C)(C)C1. The Hall–Kier alpha value is -0.340. The molecule has 0 spiro atoms. The molecule has 0 heterocycles. The van der Waals surface area contributed by atoms with Crippen molar-refractivity contribution in [2.24, 2.45) is 5.41 Å². The van der Waals surface area contributed by atoms with Crippen molar-refractivity contribution in [3.05, 3.63) is 11.6 Å². The largest absolute Gasteiger partial charge is 0.347 e. The van der Waals surface area contributed by atoms with Gasteiger partial charge >= 0.3 is 0 Å². The molecular formula is C13H24O2. The summed E-state index contributed by atoms with van der Waals surface area (Å²) in [4.78, 5) is 0. The lowest BCUT2D eigenvalue weighted by Crippen LogP contribution is -2.42. The first kappa shape index (κ1) is 12.7. The van der Waals surface area contributed by atoms with Crippen molar-refractivity contribution >= 4 is 0 Å². The van der Waals surface area contributed by atoms with Gasteiger partial charge in [0.2, 0.25) is 0 Å². The molecule has 0 aliphatic heterocycles. The molecule has 0 N–H and O–H groups in total. The molecule has 0 bridgehead atoms. The van der Waals surface area contributed by atoms with Crippen molar-refractivity contribution in [1.82, 2.24) is 0 Å². The molecule has 2 heteroatoms. The lowest BCUT2D eigenvalue weighted by atomic mass is 9.75. The van der Waals surface area contributed by atoms with Gasteiger partial charge in [-0.1, -0.05) is 19.4 Å². The van der Waals surface area contributed by atoms with Gasteiger partial charge in [-0.15, -0.1) is 0 Å². The highest BCUT2D eigenvalue weighted by molar-refractivity contribution is 5.14. The Morgan fingerprint density at radius 2 is 1.73 bits per heavy atom. The number of hydrogen-bond acceptors (Lipinski definition) is 2. The normalized spacial score (nSPS) is 23.7. The van der Waals surface area contributed by atoms with Gasteiger partial charge in [-0.25, -0.2) is 0 Å². The average molecular weight is 212 g/mol. The van der Waals surface area contributed by atoms with Crippen LogP contribution < -0.4 is 0 Å². The molecule has 0 atom stereocenters. The van der Waals surface area contributed by atoms with Crippen LogP contribution in [0.4, 0.5) is 0 Å². The smallest absolute Gasteiger partial charge is 0.188 e. The fraction of sp³-hybridized carbons (Fsp3) is 0.846. The van der Waals surface area contributed by atoms with E-state index in [0.29, 0.717) is 13.2 Å². The van der Waals surface area contributed by atoms with Crippen LogP contribution in [-0.2, 0) is 9.47 Å². The van der Waals surface area contributed by atoms with Gasteiger partial charge in [-0.3, -0.25) is 0 Å². The summed E-state index contributed by atoms with van der Waals surface area (Å²) in [5.74, 6) is -0.477. The van der Waals surface area contributed by atoms with Crippen molar-refractivity contribution in [3.8, 4) is 0 Å². The van der Waals surface area contributed by atoms with Crippen LogP contribution in [0.3, 0.4) is 0 Å². The van der Waals surface area contributed by atoms with Gasteiger partial charge in [0, 0.05) is 19.6 Å². The third-order valence-corrected chi connectivity index (χ3v) is 2.73. The van der Waals surface area contributed by atoms with Crippen molar-refractivity contribution < 1.29 is 9.47 Å². The molecule has 1 aliphatic carbocycles. The van der Waals surface area contributed by atoms with E-state index in [4.69, 9.17) is 9.47 Å². The van der Waals surface area contributed by atoms with Crippen molar-refractivity contribution in [1.29, 1.82) is 0 Å². The molecule has 0 saturated carbocycles. The van der Waals surface area contributed by atoms with E-state index in [1.807, 2.05) is 13.8 Å². The molecule has 0 fully saturated rings. The zero-order chi connectivity index (χ0) is 11.5. The quantitative estimate of drug-likeness (QED) is 0.524. The molecule has 1 aliphatic rings. The van der Waals surface area contributed by atoms with Crippen molar-refractivity contribution in [2.75, 3.05) is 13.2 Å². The van der Waals surface area contributed by atoms with Gasteiger partial charge in [0.1, 0.15) is 0 Å². The fourth-order valence-corrected chi connectivity index (χ4v) is 2.68. The number of rotatable bonds is 4. The minimum absolute atomic E-state index is 0.267. The topological polar surface area (TPSA) is 18.5 Å². The summed E-state index contributed by atoms with van der Waals surface area (Å²) >= 11 is 0. The van der Waals surface area contributed by atoms with Crippen molar-refractivity contribution in [3.63, 3.8) is 0 Å². The molecule has 0 aromatic heterocycles. The maximum absolute atomic E-state index is 5.82. The van der Waals surface area contributed by atoms with Crippen LogP contribution in [0.2, 0.25) is 0 Å². The van der Waals surface area contributed by atoms with Gasteiger partial charge < -0.3 is 9.47 Å². The molecule has 0 radical (unpaired) electrons. The molecule has 2 nitrogen and oxygen atoms in total. The highest BCUT2D eigenvalue weighted by Gasteiger charge is 2.39. The van der Waals surface area contributed by atoms with Crippen LogP contribution in [0.25, 0.3) is 0 Å². The molecule has 0 unspecified atom stereocenters. The molecular weight excluding hydrogens is 188 g/mol. The minimum Gasteiger partial charge on any atom is -0.347 e. The van der Waals surface area contributed by atoms with E-state index < -0.39 is 5.79 Å². The van der Waals surface area contributed by atoms with Crippen LogP contribution in [0, 0.1) is 5.41 Å². The summed E-state index contributed by atoms with van der Waals surface area (Å²) in [5.41, 5.74) is 1.64. The summed E-state index contributed by atoms with van der Waals surface area (Å²) in [7, 11) is 0. The summed E-state index contributed by atoms with van der Waals surface area (Å²) < 4.78 is 11.6. The molecule has 0 saturated heterocycles. The van der Waals surface area contributed by atoms with Crippen LogP contribution in [-0.4, -0.2) is 19.0 Å². The summed E-state index contributed by atoms with van der Waals surface area (Å²) in [6.45, 7) is 12.1. The molecule has 0 amide bonds. The lowest BCUT2D eigenvalue weighted by molar-refractivity contribution is -0.219. The molecule has 0 aromatic rings. The van der Waals surface area contributed by atoms with Crippen molar-refractivity contribution in [2.45, 2.75) is 53.2 Å². The van der Waals surface area contributed by atoms with E-state index in [2.05, 4.69) is 26.8 Å². The predicted molar refractivity (Wildman–Crippen MR) is 62.8 cm³/mol. The van der Waals surface area contributed by atoms with E-state index in [1.54, 1.807) is 0 Å². The van der Waals surface area contributed by atoms with Gasteiger partial charge in [0.05, 0.1) is 0 Å². The maximum Gasteiger partial charge on any atom is 0.188 e. The maximum atomic E-state index is 5.82. The van der Waals surface area contributed by atoms with Crippen LogP contribution in [0.5, 0.6) is 0 Å². The van der Waals surface area contributed by atoms with Crippen LogP contribution in [0.1, 0.15) is 47.5 Å². The highest BCUT2D eigenvalue weighted by atomic mass is 16.7. The molecule has 88 valence electrons. The first-order valence-corrected chi connectivity index (χ1v) is 5.89. The lowest BCUT2D eigenvalue weighted by Gasteiger charge is -2.42. The highest BCUT2D eigenvalue weighted by Crippen LogP contribution is 2.42. The summed E-state index contributed by atoms with van der Waals surface area (Å²) in [5, 5.41) is 0. The molecule has 1 rings (SSSR count). The van der Waals surface area contributed by atoms with Gasteiger partial charge in [0.25, 0.3) is 0 Å². The second-order valence-electron chi connectivity index (χ2n) is 5.19.